The van der Waals surface area contributed by atoms with Crippen LogP contribution in [-0.4, -0.2) is 69.7 Å². The van der Waals surface area contributed by atoms with Gasteiger partial charge in [-0.2, -0.15) is 5.10 Å². The topological polar surface area (TPSA) is 70.5 Å². The quantitative estimate of drug-likeness (QED) is 0.744. The number of hydrogen-bond acceptors (Lipinski definition) is 5. The lowest BCUT2D eigenvalue weighted by Gasteiger charge is -2.23. The fraction of sp³-hybridized carbons (Fsp3) is 0.588. The number of carbonyl (C=O) groups is 2. The molecule has 1 N–H and O–H groups in total. The molecule has 2 rings (SSSR count). The molecule has 0 spiro atoms. The predicted molar refractivity (Wildman–Crippen MR) is 101 cm³/mol. The Hall–Kier alpha value is -1.80. The SMILES string of the molecule is CC/C=C(/C)C(=O)N1CSCC1C(=O)Nc1cnn(CCN(C)C)c1. The van der Waals surface area contributed by atoms with E-state index in [0.717, 1.165) is 19.5 Å². The highest BCUT2D eigenvalue weighted by molar-refractivity contribution is 7.99. The molecule has 138 valence electrons. The van der Waals surface area contributed by atoms with Crippen LogP contribution in [0.3, 0.4) is 0 Å². The monoisotopic (exact) mass is 365 g/mol. The van der Waals surface area contributed by atoms with Gasteiger partial charge in [0.05, 0.1) is 24.3 Å². The molecule has 1 unspecified atom stereocenters. The van der Waals surface area contributed by atoms with E-state index in [0.29, 0.717) is 22.9 Å². The number of hydrogen-bond donors (Lipinski definition) is 1. The number of allylic oxidation sites excluding steroid dienone is 1. The average molecular weight is 366 g/mol. The molecule has 0 bridgehead atoms. The smallest absolute Gasteiger partial charge is 0.250 e. The van der Waals surface area contributed by atoms with E-state index in [4.69, 9.17) is 0 Å². The van der Waals surface area contributed by atoms with Crippen LogP contribution in [0.15, 0.2) is 24.0 Å². The maximum Gasteiger partial charge on any atom is 0.250 e. The summed E-state index contributed by atoms with van der Waals surface area (Å²) in [4.78, 5) is 28.8. The molecule has 1 atom stereocenters. The number of carbonyl (C=O) groups excluding carboxylic acids is 2. The summed E-state index contributed by atoms with van der Waals surface area (Å²) in [5.41, 5.74) is 1.35. The Labute approximate surface area is 153 Å². The van der Waals surface area contributed by atoms with Crippen LogP contribution in [0.25, 0.3) is 0 Å². The first kappa shape index (κ1) is 19.5. The maximum atomic E-state index is 12.6. The zero-order valence-corrected chi connectivity index (χ0v) is 16.2. The van der Waals surface area contributed by atoms with Crippen LogP contribution in [-0.2, 0) is 16.1 Å². The summed E-state index contributed by atoms with van der Waals surface area (Å²) in [5, 5.41) is 7.14. The van der Waals surface area contributed by atoms with Gasteiger partial charge in [-0.25, -0.2) is 0 Å². The third-order valence-corrected chi connectivity index (χ3v) is 4.98. The first-order valence-electron chi connectivity index (χ1n) is 8.46. The normalized spacial score (nSPS) is 18.0. The number of nitrogens with one attached hydrogen (secondary N) is 1. The molecular formula is C17H27N5O2S. The fourth-order valence-corrected chi connectivity index (χ4v) is 3.71. The van der Waals surface area contributed by atoms with Crippen molar-refractivity contribution in [1.82, 2.24) is 19.6 Å². The van der Waals surface area contributed by atoms with Gasteiger partial charge in [0.15, 0.2) is 0 Å². The van der Waals surface area contributed by atoms with E-state index in [-0.39, 0.29) is 11.8 Å². The third-order valence-electron chi connectivity index (χ3n) is 3.97. The molecular weight excluding hydrogens is 338 g/mol. The lowest BCUT2D eigenvalue weighted by molar-refractivity contribution is -0.133. The van der Waals surface area contributed by atoms with Crippen molar-refractivity contribution in [3.63, 3.8) is 0 Å². The van der Waals surface area contributed by atoms with Crippen LogP contribution in [0.5, 0.6) is 0 Å². The van der Waals surface area contributed by atoms with Crippen molar-refractivity contribution >= 4 is 29.3 Å². The fourth-order valence-electron chi connectivity index (χ4n) is 2.56. The number of thioether (sulfide) groups is 1. The van der Waals surface area contributed by atoms with Crippen LogP contribution in [0, 0.1) is 0 Å². The minimum atomic E-state index is -0.442. The summed E-state index contributed by atoms with van der Waals surface area (Å²) < 4.78 is 1.80. The van der Waals surface area contributed by atoms with Gasteiger partial charge in [0.2, 0.25) is 5.91 Å². The summed E-state index contributed by atoms with van der Waals surface area (Å²) in [6.45, 7) is 5.43. The first-order chi connectivity index (χ1) is 11.9. The molecule has 25 heavy (non-hydrogen) atoms. The largest absolute Gasteiger partial charge is 0.322 e. The van der Waals surface area contributed by atoms with Gasteiger partial charge in [-0.3, -0.25) is 14.3 Å². The molecule has 0 aliphatic carbocycles. The van der Waals surface area contributed by atoms with Crippen molar-refractivity contribution in [2.24, 2.45) is 0 Å². The van der Waals surface area contributed by atoms with Crippen molar-refractivity contribution in [2.75, 3.05) is 37.6 Å². The predicted octanol–water partition coefficient (Wildman–Crippen LogP) is 1.64. The molecule has 1 aliphatic heterocycles. The minimum absolute atomic E-state index is 0.0614. The van der Waals surface area contributed by atoms with E-state index < -0.39 is 6.04 Å². The molecule has 2 heterocycles. The van der Waals surface area contributed by atoms with Crippen LogP contribution >= 0.6 is 11.8 Å². The molecule has 2 amide bonds. The Balaban J connectivity index is 1.97. The Kier molecular flexibility index (Phi) is 7.07. The van der Waals surface area contributed by atoms with Crippen molar-refractivity contribution in [2.45, 2.75) is 32.9 Å². The zero-order chi connectivity index (χ0) is 18.4. The summed E-state index contributed by atoms with van der Waals surface area (Å²) in [6, 6.07) is -0.442. The summed E-state index contributed by atoms with van der Waals surface area (Å²) in [5.74, 6) is 0.947. The van der Waals surface area contributed by atoms with Crippen molar-refractivity contribution in [3.8, 4) is 0 Å². The number of rotatable bonds is 7. The second-order valence-electron chi connectivity index (χ2n) is 6.37. The lowest BCUT2D eigenvalue weighted by Crippen LogP contribution is -2.44. The number of anilines is 1. The third kappa shape index (κ3) is 5.34. The van der Waals surface area contributed by atoms with Gasteiger partial charge in [0.1, 0.15) is 6.04 Å². The van der Waals surface area contributed by atoms with Crippen LogP contribution in [0.1, 0.15) is 20.3 Å². The second kappa shape index (κ2) is 9.05. The van der Waals surface area contributed by atoms with Crippen LogP contribution < -0.4 is 5.32 Å². The van der Waals surface area contributed by atoms with E-state index >= 15 is 0 Å². The number of aromatic nitrogens is 2. The van der Waals surface area contributed by atoms with Crippen molar-refractivity contribution in [1.29, 1.82) is 0 Å². The lowest BCUT2D eigenvalue weighted by atomic mass is 10.2. The molecule has 1 aromatic rings. The Morgan fingerprint density at radius 1 is 1.48 bits per heavy atom. The Morgan fingerprint density at radius 3 is 2.92 bits per heavy atom. The highest BCUT2D eigenvalue weighted by Gasteiger charge is 2.35. The first-order valence-corrected chi connectivity index (χ1v) is 9.61. The van der Waals surface area contributed by atoms with E-state index in [1.165, 1.54) is 0 Å². The van der Waals surface area contributed by atoms with Crippen LogP contribution in [0.4, 0.5) is 5.69 Å². The van der Waals surface area contributed by atoms with Gasteiger partial charge in [0, 0.05) is 24.1 Å². The summed E-state index contributed by atoms with van der Waals surface area (Å²) in [7, 11) is 4.01. The van der Waals surface area contributed by atoms with Gasteiger partial charge in [-0.05, 0) is 27.4 Å². The highest BCUT2D eigenvalue weighted by atomic mass is 32.2. The summed E-state index contributed by atoms with van der Waals surface area (Å²) >= 11 is 1.60. The number of likely N-dealkylation sites (N-methyl/N-ethyl adjacent to an activating group) is 1. The standard InChI is InChI=1S/C17H27N5O2S/c1-5-6-13(2)17(24)22-12-25-11-15(22)16(23)19-14-9-18-21(10-14)8-7-20(3)4/h6,9-10,15H,5,7-8,11-12H2,1-4H3,(H,19,23)/b13-6-. The Bertz CT molecular complexity index is 641. The molecule has 0 saturated carbocycles. The van der Waals surface area contributed by atoms with E-state index in [2.05, 4.69) is 15.3 Å². The van der Waals surface area contributed by atoms with Gasteiger partial charge in [-0.15, -0.1) is 11.8 Å². The second-order valence-corrected chi connectivity index (χ2v) is 7.37. The molecule has 0 radical (unpaired) electrons. The molecule has 1 aromatic heterocycles. The molecule has 1 aliphatic rings. The molecule has 8 heteroatoms. The Morgan fingerprint density at radius 2 is 2.24 bits per heavy atom. The maximum absolute atomic E-state index is 12.6. The van der Waals surface area contributed by atoms with E-state index in [9.17, 15) is 9.59 Å². The average Bonchev–Trinajstić information content (AvgIpc) is 3.21. The van der Waals surface area contributed by atoms with Crippen molar-refractivity contribution in [3.05, 3.63) is 24.0 Å². The minimum Gasteiger partial charge on any atom is -0.322 e. The van der Waals surface area contributed by atoms with Crippen molar-refractivity contribution < 1.29 is 9.59 Å². The van der Waals surface area contributed by atoms with Gasteiger partial charge >= 0.3 is 0 Å². The molecule has 0 aromatic carbocycles. The van der Waals surface area contributed by atoms with Gasteiger partial charge in [-0.1, -0.05) is 13.0 Å². The summed E-state index contributed by atoms with van der Waals surface area (Å²) in [6.07, 6.45) is 6.17. The van der Waals surface area contributed by atoms with E-state index in [1.807, 2.05) is 33.3 Å². The molecule has 1 fully saturated rings. The molecule has 1 saturated heterocycles. The zero-order valence-electron chi connectivity index (χ0n) is 15.4. The number of amides is 2. The van der Waals surface area contributed by atoms with E-state index in [1.54, 1.807) is 34.5 Å². The highest BCUT2D eigenvalue weighted by Crippen LogP contribution is 2.24. The molecule has 7 nitrogen and oxygen atoms in total. The number of nitrogens with zero attached hydrogens (tertiary/aromatic N) is 4. The van der Waals surface area contributed by atoms with Crippen LogP contribution in [0.2, 0.25) is 0 Å². The van der Waals surface area contributed by atoms with Gasteiger partial charge < -0.3 is 15.1 Å². The van der Waals surface area contributed by atoms with Gasteiger partial charge in [0.25, 0.3) is 5.91 Å².